The summed E-state index contributed by atoms with van der Waals surface area (Å²) in [6.07, 6.45) is 0.581. The van der Waals surface area contributed by atoms with Gasteiger partial charge in [-0.05, 0) is 32.2 Å². The fraction of sp³-hybridized carbons (Fsp3) is 0.385. The molecule has 0 saturated carbocycles. The second-order valence-corrected chi connectivity index (χ2v) is 6.38. The van der Waals surface area contributed by atoms with Crippen molar-refractivity contribution >= 4 is 10.0 Å². The molecule has 8 nitrogen and oxygen atoms in total. The quantitative estimate of drug-likeness (QED) is 0.795. The number of likely N-dealkylation sites (N-methyl/N-ethyl adjacent to an activating group) is 1. The van der Waals surface area contributed by atoms with Gasteiger partial charge in [-0.3, -0.25) is 0 Å². The Bertz CT molecular complexity index is 757. The lowest BCUT2D eigenvalue weighted by Gasteiger charge is -2.07. The van der Waals surface area contributed by atoms with E-state index in [4.69, 9.17) is 14.4 Å². The Hall–Kier alpha value is -1.97. The Kier molecular flexibility index (Phi) is 4.79. The lowest BCUT2D eigenvalue weighted by atomic mass is 10.2. The van der Waals surface area contributed by atoms with Crippen LogP contribution in [0.15, 0.2) is 27.6 Å². The number of ether oxygens (including phenoxy) is 1. The average molecular weight is 326 g/mol. The van der Waals surface area contributed by atoms with Crippen molar-refractivity contribution in [2.45, 2.75) is 24.3 Å². The first-order valence-corrected chi connectivity index (χ1v) is 8.11. The first kappa shape index (κ1) is 16.4. The molecule has 0 saturated heterocycles. The molecule has 2 rings (SSSR count). The van der Waals surface area contributed by atoms with Gasteiger partial charge in [-0.1, -0.05) is 5.16 Å². The number of nitrogens with zero attached hydrogens (tertiary/aromatic N) is 2. The summed E-state index contributed by atoms with van der Waals surface area (Å²) in [6.45, 7) is 1.98. The Balaban J connectivity index is 2.42. The number of benzene rings is 1. The van der Waals surface area contributed by atoms with Crippen LogP contribution in [-0.4, -0.2) is 38.8 Å². The first-order chi connectivity index (χ1) is 10.3. The van der Waals surface area contributed by atoms with E-state index in [9.17, 15) is 8.42 Å². The molecule has 9 heteroatoms. The zero-order chi connectivity index (χ0) is 16.3. The standard InChI is InChI=1S/C13H18N4O4S/c1-8(15-2)6-12-16-13(21-17-12)10-7-9(22(14,18)19)4-5-11(10)20-3/h4-5,7-8,15H,6H2,1-3H3,(H2,14,18,19). The molecule has 0 bridgehead atoms. The van der Waals surface area contributed by atoms with Crippen LogP contribution in [0.5, 0.6) is 5.75 Å². The van der Waals surface area contributed by atoms with E-state index in [1.165, 1.54) is 25.3 Å². The van der Waals surface area contributed by atoms with E-state index in [1.807, 2.05) is 14.0 Å². The predicted molar refractivity (Wildman–Crippen MR) is 79.9 cm³/mol. The van der Waals surface area contributed by atoms with E-state index < -0.39 is 10.0 Å². The molecule has 1 heterocycles. The molecule has 3 N–H and O–H groups in total. The Morgan fingerprint density at radius 1 is 1.45 bits per heavy atom. The van der Waals surface area contributed by atoms with Crippen molar-refractivity contribution in [1.29, 1.82) is 0 Å². The van der Waals surface area contributed by atoms with E-state index in [1.54, 1.807) is 0 Å². The minimum absolute atomic E-state index is 0.0494. The Morgan fingerprint density at radius 2 is 2.18 bits per heavy atom. The van der Waals surface area contributed by atoms with Gasteiger partial charge in [0.05, 0.1) is 17.6 Å². The van der Waals surface area contributed by atoms with E-state index in [-0.39, 0.29) is 16.8 Å². The number of rotatable bonds is 6. The zero-order valence-corrected chi connectivity index (χ0v) is 13.3. The predicted octanol–water partition coefficient (Wildman–Crippen LogP) is 0.543. The molecule has 0 amide bonds. The minimum atomic E-state index is -3.83. The summed E-state index contributed by atoms with van der Waals surface area (Å²) in [5.41, 5.74) is 0.380. The number of sulfonamides is 1. The van der Waals surface area contributed by atoms with E-state index in [0.717, 1.165) is 0 Å². The number of primary sulfonamides is 1. The molecular formula is C13H18N4O4S. The third-order valence-corrected chi connectivity index (χ3v) is 4.09. The minimum Gasteiger partial charge on any atom is -0.496 e. The van der Waals surface area contributed by atoms with Crippen LogP contribution in [-0.2, 0) is 16.4 Å². The van der Waals surface area contributed by atoms with E-state index in [0.29, 0.717) is 23.6 Å². The molecule has 0 aliphatic rings. The highest BCUT2D eigenvalue weighted by Crippen LogP contribution is 2.30. The molecule has 0 fully saturated rings. The maximum Gasteiger partial charge on any atom is 0.261 e. The molecule has 120 valence electrons. The second-order valence-electron chi connectivity index (χ2n) is 4.82. The highest BCUT2D eigenvalue weighted by atomic mass is 32.2. The smallest absolute Gasteiger partial charge is 0.261 e. The highest BCUT2D eigenvalue weighted by molar-refractivity contribution is 7.89. The van der Waals surface area contributed by atoms with Crippen LogP contribution in [0.3, 0.4) is 0 Å². The molecule has 0 aliphatic heterocycles. The number of hydrogen-bond donors (Lipinski definition) is 2. The Labute approximate surface area is 128 Å². The third kappa shape index (κ3) is 3.62. The summed E-state index contributed by atoms with van der Waals surface area (Å²) in [5.74, 6) is 1.12. The van der Waals surface area contributed by atoms with Crippen LogP contribution in [0.1, 0.15) is 12.7 Å². The van der Waals surface area contributed by atoms with Crippen molar-refractivity contribution in [1.82, 2.24) is 15.5 Å². The molecule has 2 aromatic rings. The van der Waals surface area contributed by atoms with Crippen molar-refractivity contribution in [2.24, 2.45) is 5.14 Å². The molecule has 1 atom stereocenters. The number of nitrogens with two attached hydrogens (primary N) is 1. The normalized spacial score (nSPS) is 13.1. The maximum absolute atomic E-state index is 11.5. The number of nitrogens with one attached hydrogen (secondary N) is 1. The SMILES string of the molecule is CNC(C)Cc1noc(-c2cc(S(N)(=O)=O)ccc2OC)n1. The van der Waals surface area contributed by atoms with Gasteiger partial charge in [0.15, 0.2) is 5.82 Å². The summed E-state index contributed by atoms with van der Waals surface area (Å²) >= 11 is 0. The van der Waals surface area contributed by atoms with Gasteiger partial charge in [-0.2, -0.15) is 4.98 Å². The summed E-state index contributed by atoms with van der Waals surface area (Å²) in [4.78, 5) is 4.22. The van der Waals surface area contributed by atoms with Crippen molar-refractivity contribution in [2.75, 3.05) is 14.2 Å². The van der Waals surface area contributed by atoms with Gasteiger partial charge < -0.3 is 14.6 Å². The van der Waals surface area contributed by atoms with Crippen LogP contribution < -0.4 is 15.2 Å². The maximum atomic E-state index is 11.5. The fourth-order valence-electron chi connectivity index (χ4n) is 1.85. The van der Waals surface area contributed by atoms with Crippen LogP contribution in [0, 0.1) is 0 Å². The summed E-state index contributed by atoms with van der Waals surface area (Å²) in [6, 6.07) is 4.39. The average Bonchev–Trinajstić information content (AvgIpc) is 2.93. The van der Waals surface area contributed by atoms with Gasteiger partial charge in [0.2, 0.25) is 10.0 Å². The fourth-order valence-corrected chi connectivity index (χ4v) is 2.39. The van der Waals surface area contributed by atoms with Gasteiger partial charge >= 0.3 is 0 Å². The van der Waals surface area contributed by atoms with Crippen LogP contribution in [0.2, 0.25) is 0 Å². The van der Waals surface area contributed by atoms with Crippen molar-refractivity contribution in [3.8, 4) is 17.2 Å². The summed E-state index contributed by atoms with van der Waals surface area (Å²) in [5, 5.41) is 12.1. The van der Waals surface area contributed by atoms with Crippen LogP contribution in [0.25, 0.3) is 11.5 Å². The highest BCUT2D eigenvalue weighted by Gasteiger charge is 2.18. The molecule has 1 unspecified atom stereocenters. The molecule has 0 spiro atoms. The van der Waals surface area contributed by atoms with Crippen LogP contribution >= 0.6 is 0 Å². The number of hydrogen-bond acceptors (Lipinski definition) is 7. The number of methoxy groups -OCH3 is 1. The van der Waals surface area contributed by atoms with E-state index >= 15 is 0 Å². The lowest BCUT2D eigenvalue weighted by Crippen LogP contribution is -2.24. The lowest BCUT2D eigenvalue weighted by molar-refractivity contribution is 0.401. The molecular weight excluding hydrogens is 308 g/mol. The molecule has 1 aromatic carbocycles. The van der Waals surface area contributed by atoms with Crippen molar-refractivity contribution in [3.63, 3.8) is 0 Å². The first-order valence-electron chi connectivity index (χ1n) is 6.56. The summed E-state index contributed by atoms with van der Waals surface area (Å²) in [7, 11) is -0.524. The van der Waals surface area contributed by atoms with Gasteiger partial charge in [-0.15, -0.1) is 0 Å². The van der Waals surface area contributed by atoms with E-state index in [2.05, 4.69) is 15.5 Å². The largest absolute Gasteiger partial charge is 0.496 e. The second kappa shape index (κ2) is 6.42. The summed E-state index contributed by atoms with van der Waals surface area (Å²) < 4.78 is 33.3. The Morgan fingerprint density at radius 3 is 2.77 bits per heavy atom. The monoisotopic (exact) mass is 326 g/mol. The molecule has 0 aliphatic carbocycles. The van der Waals surface area contributed by atoms with Crippen molar-refractivity contribution in [3.05, 3.63) is 24.0 Å². The molecule has 22 heavy (non-hydrogen) atoms. The third-order valence-electron chi connectivity index (χ3n) is 3.18. The van der Waals surface area contributed by atoms with Gasteiger partial charge in [0.1, 0.15) is 5.75 Å². The zero-order valence-electron chi connectivity index (χ0n) is 12.5. The van der Waals surface area contributed by atoms with Crippen LogP contribution in [0.4, 0.5) is 0 Å². The van der Waals surface area contributed by atoms with Gasteiger partial charge in [-0.25, -0.2) is 13.6 Å². The molecule has 1 aromatic heterocycles. The van der Waals surface area contributed by atoms with Gasteiger partial charge in [0, 0.05) is 12.5 Å². The molecule has 0 radical (unpaired) electrons. The number of aromatic nitrogens is 2. The van der Waals surface area contributed by atoms with Gasteiger partial charge in [0.25, 0.3) is 5.89 Å². The topological polar surface area (TPSA) is 120 Å². The van der Waals surface area contributed by atoms with Crippen molar-refractivity contribution < 1.29 is 17.7 Å².